The lowest BCUT2D eigenvalue weighted by Crippen LogP contribution is -2.13. The number of ether oxygens (including phenoxy) is 2. The van der Waals surface area contributed by atoms with E-state index in [1.165, 1.54) is 18.7 Å². The van der Waals surface area contributed by atoms with Gasteiger partial charge >= 0.3 is 5.97 Å². The highest BCUT2D eigenvalue weighted by Gasteiger charge is 2.18. The average molecular weight is 383 g/mol. The first-order valence-corrected chi connectivity index (χ1v) is 9.51. The van der Waals surface area contributed by atoms with Crippen molar-refractivity contribution in [3.63, 3.8) is 0 Å². The summed E-state index contributed by atoms with van der Waals surface area (Å²) < 4.78 is 26.3. The van der Waals surface area contributed by atoms with Gasteiger partial charge in [-0.2, -0.15) is 0 Å². The molecule has 0 aliphatic carbocycles. The van der Waals surface area contributed by atoms with Gasteiger partial charge in [0, 0.05) is 17.6 Å². The molecular weight excluding hydrogens is 357 g/mol. The number of halogens is 1. The number of aromatic nitrogens is 1. The standard InChI is InChI=1S/C23H26FNO3/c1-5-7-19-15(2)10-21(28-14-22(26)27-4)20-11-16(3)25(23(19)20)13-17-8-6-9-18(24)12-17/h6,8-12H,5,7,13-14H2,1-4H3. The highest BCUT2D eigenvalue weighted by molar-refractivity contribution is 5.91. The third kappa shape index (κ3) is 4.03. The van der Waals surface area contributed by atoms with Crippen LogP contribution in [0.4, 0.5) is 4.39 Å². The largest absolute Gasteiger partial charge is 0.481 e. The second-order valence-electron chi connectivity index (χ2n) is 7.05. The highest BCUT2D eigenvalue weighted by Crippen LogP contribution is 2.35. The van der Waals surface area contributed by atoms with Crippen LogP contribution < -0.4 is 4.74 Å². The summed E-state index contributed by atoms with van der Waals surface area (Å²) in [5.74, 6) is 0.0110. The molecule has 0 spiro atoms. The topological polar surface area (TPSA) is 40.5 Å². The number of carbonyl (C=O) groups is 1. The molecule has 0 fully saturated rings. The van der Waals surface area contributed by atoms with Crippen LogP contribution in [-0.2, 0) is 22.5 Å². The molecule has 3 aromatic rings. The third-order valence-corrected chi connectivity index (χ3v) is 4.98. The molecule has 0 saturated carbocycles. The number of rotatable bonds is 7. The SMILES string of the molecule is CCCc1c(C)cc(OCC(=O)OC)c2cc(C)n(Cc3cccc(F)c3)c12. The molecule has 3 rings (SSSR count). The number of esters is 1. The molecule has 0 aliphatic rings. The van der Waals surface area contributed by atoms with Crippen LogP contribution in [0.2, 0.25) is 0 Å². The molecular formula is C23H26FNO3. The van der Waals surface area contributed by atoms with Crippen molar-refractivity contribution in [2.75, 3.05) is 13.7 Å². The van der Waals surface area contributed by atoms with Crippen LogP contribution in [0.15, 0.2) is 36.4 Å². The number of nitrogens with zero attached hydrogens (tertiary/aromatic N) is 1. The normalized spacial score (nSPS) is 11.0. The Labute approximate surface area is 164 Å². The van der Waals surface area contributed by atoms with E-state index in [9.17, 15) is 9.18 Å². The maximum Gasteiger partial charge on any atom is 0.343 e. The first kappa shape index (κ1) is 19.9. The fraction of sp³-hybridized carbons (Fsp3) is 0.348. The van der Waals surface area contributed by atoms with E-state index in [1.807, 2.05) is 19.1 Å². The van der Waals surface area contributed by atoms with Gasteiger partial charge in [-0.15, -0.1) is 0 Å². The van der Waals surface area contributed by atoms with Gasteiger partial charge in [-0.1, -0.05) is 25.5 Å². The van der Waals surface area contributed by atoms with Crippen molar-refractivity contribution in [1.29, 1.82) is 0 Å². The minimum atomic E-state index is -0.417. The van der Waals surface area contributed by atoms with Crippen LogP contribution in [0.25, 0.3) is 10.9 Å². The Morgan fingerprint density at radius 1 is 1.18 bits per heavy atom. The van der Waals surface area contributed by atoms with Crippen LogP contribution in [0.1, 0.15) is 35.7 Å². The zero-order valence-electron chi connectivity index (χ0n) is 16.8. The van der Waals surface area contributed by atoms with Crippen molar-refractivity contribution >= 4 is 16.9 Å². The van der Waals surface area contributed by atoms with Crippen LogP contribution >= 0.6 is 0 Å². The monoisotopic (exact) mass is 383 g/mol. The van der Waals surface area contributed by atoms with Gasteiger partial charge in [0.25, 0.3) is 0 Å². The summed E-state index contributed by atoms with van der Waals surface area (Å²) in [6.07, 6.45) is 1.95. The lowest BCUT2D eigenvalue weighted by atomic mass is 10.00. The van der Waals surface area contributed by atoms with Gasteiger partial charge in [-0.3, -0.25) is 0 Å². The second kappa shape index (κ2) is 8.46. The molecule has 148 valence electrons. The summed E-state index contributed by atoms with van der Waals surface area (Å²) in [6, 6.07) is 10.7. The van der Waals surface area contributed by atoms with Crippen molar-refractivity contribution in [3.05, 3.63) is 64.6 Å². The van der Waals surface area contributed by atoms with Gasteiger partial charge in [0.15, 0.2) is 6.61 Å². The van der Waals surface area contributed by atoms with E-state index < -0.39 is 5.97 Å². The summed E-state index contributed by atoms with van der Waals surface area (Å²) in [7, 11) is 1.34. The molecule has 0 atom stereocenters. The maximum atomic E-state index is 13.7. The number of methoxy groups -OCH3 is 1. The summed E-state index contributed by atoms with van der Waals surface area (Å²) in [5, 5.41) is 0.965. The maximum absolute atomic E-state index is 13.7. The zero-order valence-corrected chi connectivity index (χ0v) is 16.8. The van der Waals surface area contributed by atoms with Gasteiger partial charge < -0.3 is 14.0 Å². The Hall–Kier alpha value is -2.82. The number of benzene rings is 2. The summed E-state index contributed by atoms with van der Waals surface area (Å²) in [4.78, 5) is 11.5. The Balaban J connectivity index is 2.13. The summed E-state index contributed by atoms with van der Waals surface area (Å²) in [5.41, 5.74) is 5.43. The van der Waals surface area contributed by atoms with Crippen molar-refractivity contribution < 1.29 is 18.7 Å². The molecule has 0 amide bonds. The van der Waals surface area contributed by atoms with Crippen LogP contribution in [0.3, 0.4) is 0 Å². The Bertz CT molecular complexity index is 1010. The van der Waals surface area contributed by atoms with E-state index >= 15 is 0 Å². The van der Waals surface area contributed by atoms with E-state index in [1.54, 1.807) is 12.1 Å². The van der Waals surface area contributed by atoms with Gasteiger partial charge in [0.1, 0.15) is 11.6 Å². The van der Waals surface area contributed by atoms with Crippen molar-refractivity contribution in [1.82, 2.24) is 4.57 Å². The predicted molar refractivity (Wildman–Crippen MR) is 108 cm³/mol. The third-order valence-electron chi connectivity index (χ3n) is 4.98. The van der Waals surface area contributed by atoms with Crippen LogP contribution in [0.5, 0.6) is 5.75 Å². The number of fused-ring (bicyclic) bond motifs is 1. The summed E-state index contributed by atoms with van der Waals surface area (Å²) >= 11 is 0. The molecule has 0 saturated heterocycles. The Morgan fingerprint density at radius 3 is 2.64 bits per heavy atom. The number of aryl methyl sites for hydroxylation is 3. The fourth-order valence-electron chi connectivity index (χ4n) is 3.64. The number of carbonyl (C=O) groups excluding carboxylic acids is 1. The molecule has 28 heavy (non-hydrogen) atoms. The van der Waals surface area contributed by atoms with Crippen LogP contribution in [-0.4, -0.2) is 24.3 Å². The van der Waals surface area contributed by atoms with Gasteiger partial charge in [-0.25, -0.2) is 9.18 Å². The molecule has 4 nitrogen and oxygen atoms in total. The molecule has 1 heterocycles. The molecule has 0 aliphatic heterocycles. The second-order valence-corrected chi connectivity index (χ2v) is 7.05. The lowest BCUT2D eigenvalue weighted by Gasteiger charge is -2.16. The molecule has 1 aromatic heterocycles. The van der Waals surface area contributed by atoms with E-state index in [0.29, 0.717) is 12.3 Å². The predicted octanol–water partition coefficient (Wildman–Crippen LogP) is 4.95. The lowest BCUT2D eigenvalue weighted by molar-refractivity contribution is -0.142. The van der Waals surface area contributed by atoms with E-state index in [0.717, 1.165) is 40.6 Å². The molecule has 0 unspecified atom stereocenters. The van der Waals surface area contributed by atoms with Gasteiger partial charge in [-0.05, 0) is 61.2 Å². The van der Waals surface area contributed by atoms with E-state index in [2.05, 4.69) is 24.5 Å². The quantitative estimate of drug-likeness (QED) is 0.542. The smallest absolute Gasteiger partial charge is 0.343 e. The molecule has 0 N–H and O–H groups in total. The van der Waals surface area contributed by atoms with E-state index in [4.69, 9.17) is 9.47 Å². The average Bonchev–Trinajstić information content (AvgIpc) is 2.99. The Morgan fingerprint density at radius 2 is 1.96 bits per heavy atom. The van der Waals surface area contributed by atoms with Crippen molar-refractivity contribution in [2.45, 2.75) is 40.2 Å². The van der Waals surface area contributed by atoms with Crippen molar-refractivity contribution in [2.24, 2.45) is 0 Å². The highest BCUT2D eigenvalue weighted by atomic mass is 19.1. The minimum absolute atomic E-state index is 0.133. The van der Waals surface area contributed by atoms with Gasteiger partial charge in [0.2, 0.25) is 0 Å². The number of hydrogen-bond donors (Lipinski definition) is 0. The van der Waals surface area contributed by atoms with E-state index in [-0.39, 0.29) is 12.4 Å². The van der Waals surface area contributed by atoms with Crippen LogP contribution in [0, 0.1) is 19.7 Å². The van der Waals surface area contributed by atoms with Gasteiger partial charge in [0.05, 0.1) is 12.6 Å². The molecule has 0 bridgehead atoms. The first-order valence-electron chi connectivity index (χ1n) is 9.51. The molecule has 0 radical (unpaired) electrons. The first-order chi connectivity index (χ1) is 13.4. The minimum Gasteiger partial charge on any atom is -0.481 e. The molecule has 2 aromatic carbocycles. The Kier molecular flexibility index (Phi) is 6.02. The summed E-state index contributed by atoms with van der Waals surface area (Å²) in [6.45, 7) is 6.69. The van der Waals surface area contributed by atoms with Crippen molar-refractivity contribution in [3.8, 4) is 5.75 Å². The number of hydrogen-bond acceptors (Lipinski definition) is 3. The molecule has 5 heteroatoms. The fourth-order valence-corrected chi connectivity index (χ4v) is 3.64. The zero-order chi connectivity index (χ0) is 20.3.